The lowest BCUT2D eigenvalue weighted by Gasteiger charge is -2.24. The van der Waals surface area contributed by atoms with E-state index in [2.05, 4.69) is 15.6 Å². The molecule has 0 aliphatic carbocycles. The molecule has 2 aliphatic rings. The predicted molar refractivity (Wildman–Crippen MR) is 187 cm³/mol. The number of pyridine rings is 1. The molecule has 0 bridgehead atoms. The summed E-state index contributed by atoms with van der Waals surface area (Å²) in [6.07, 6.45) is 10.7. The molecule has 2 atom stereocenters. The van der Waals surface area contributed by atoms with Gasteiger partial charge in [0.1, 0.15) is 12.1 Å². The van der Waals surface area contributed by atoms with E-state index in [1.165, 1.54) is 0 Å². The summed E-state index contributed by atoms with van der Waals surface area (Å²) in [6.45, 7) is 1.17. The molecule has 9 nitrogen and oxygen atoms in total. The topological polar surface area (TPSA) is 112 Å². The Balaban J connectivity index is 0.985. The van der Waals surface area contributed by atoms with Crippen LogP contribution in [0, 0.1) is 0 Å². The highest BCUT2D eigenvalue weighted by molar-refractivity contribution is 5.98. The van der Waals surface area contributed by atoms with Gasteiger partial charge in [-0.2, -0.15) is 0 Å². The number of carbonyl (C=O) groups is 4. The van der Waals surface area contributed by atoms with E-state index >= 15 is 0 Å². The molecule has 2 N–H and O–H groups in total. The molecule has 4 aromatic rings. The van der Waals surface area contributed by atoms with E-state index in [1.54, 1.807) is 22.2 Å². The lowest BCUT2D eigenvalue weighted by molar-refractivity contribution is -0.136. The summed E-state index contributed by atoms with van der Waals surface area (Å²) in [5, 5.41) is 5.95. The quantitative estimate of drug-likeness (QED) is 0.219. The number of anilines is 2. The Morgan fingerprint density at radius 3 is 1.50 bits per heavy atom. The fourth-order valence-electron chi connectivity index (χ4n) is 6.32. The third kappa shape index (κ3) is 8.22. The molecule has 2 fully saturated rings. The summed E-state index contributed by atoms with van der Waals surface area (Å²) >= 11 is 0. The van der Waals surface area contributed by atoms with Gasteiger partial charge in [0.2, 0.25) is 23.6 Å². The molecular weight excluding hydrogens is 602 g/mol. The number of amides is 4. The monoisotopic (exact) mass is 641 g/mol. The zero-order valence-corrected chi connectivity index (χ0v) is 26.8. The van der Waals surface area contributed by atoms with Gasteiger partial charge in [-0.05, 0) is 84.3 Å². The highest BCUT2D eigenvalue weighted by Gasteiger charge is 2.35. The summed E-state index contributed by atoms with van der Waals surface area (Å²) in [4.78, 5) is 59.4. The van der Waals surface area contributed by atoms with E-state index < -0.39 is 12.1 Å². The molecule has 3 heterocycles. The van der Waals surface area contributed by atoms with Crippen molar-refractivity contribution in [3.63, 3.8) is 0 Å². The summed E-state index contributed by atoms with van der Waals surface area (Å²) in [6, 6.07) is 27.4. The molecule has 6 rings (SSSR count). The van der Waals surface area contributed by atoms with Gasteiger partial charge in [0.05, 0.1) is 12.8 Å². The molecule has 4 amide bonds. The fraction of sp³-hybridized carbons (Fsp3) is 0.256. The van der Waals surface area contributed by atoms with Crippen LogP contribution in [0.5, 0.6) is 0 Å². The Morgan fingerprint density at radius 2 is 1.04 bits per heavy atom. The number of benzene rings is 3. The standard InChI is InChI=1S/C39H39N5O4/c45-36(26-30-6-2-1-3-7-30)43-24-4-8-34(43)38(47)41-32-16-12-28(13-17-32)10-11-29-14-18-33(19-15-29)42-39(48)35-9-5-25-44(35)37(46)27-31-20-22-40-23-21-31/h1-3,6-7,10-23,34-35H,4-5,8-9,24-27H2,(H,41,47)(H,42,48)/b11-10+/t34-,35-/m0/s1. The number of hydrogen-bond acceptors (Lipinski definition) is 5. The number of hydrogen-bond donors (Lipinski definition) is 2. The van der Waals surface area contributed by atoms with Crippen molar-refractivity contribution in [2.45, 2.75) is 50.6 Å². The van der Waals surface area contributed by atoms with Crippen LogP contribution < -0.4 is 10.6 Å². The van der Waals surface area contributed by atoms with Gasteiger partial charge in [-0.25, -0.2) is 0 Å². The highest BCUT2D eigenvalue weighted by Crippen LogP contribution is 2.23. The summed E-state index contributed by atoms with van der Waals surface area (Å²) in [5.74, 6) is -0.423. The normalized spacial score (nSPS) is 17.4. The van der Waals surface area contributed by atoms with E-state index in [9.17, 15) is 19.2 Å². The van der Waals surface area contributed by atoms with Crippen LogP contribution in [-0.2, 0) is 32.0 Å². The first-order chi connectivity index (χ1) is 23.4. The number of aromatic nitrogens is 1. The molecular formula is C39H39N5O4. The third-order valence-corrected chi connectivity index (χ3v) is 8.88. The van der Waals surface area contributed by atoms with Crippen LogP contribution in [0.15, 0.2) is 103 Å². The first kappa shape index (κ1) is 32.4. The Kier molecular flexibility index (Phi) is 10.4. The van der Waals surface area contributed by atoms with Gasteiger partial charge in [0.15, 0.2) is 0 Å². The molecule has 3 aromatic carbocycles. The highest BCUT2D eigenvalue weighted by atomic mass is 16.2. The Bertz CT molecular complexity index is 1630. The molecule has 0 spiro atoms. The van der Waals surface area contributed by atoms with Crippen molar-refractivity contribution in [3.05, 3.63) is 126 Å². The van der Waals surface area contributed by atoms with Gasteiger partial charge in [-0.15, -0.1) is 0 Å². The number of likely N-dealkylation sites (tertiary alicyclic amines) is 2. The second-order valence-corrected chi connectivity index (χ2v) is 12.2. The molecule has 48 heavy (non-hydrogen) atoms. The Hall–Kier alpha value is -5.57. The second kappa shape index (κ2) is 15.3. The van der Waals surface area contributed by atoms with Crippen LogP contribution >= 0.6 is 0 Å². The van der Waals surface area contributed by atoms with Crippen molar-refractivity contribution in [1.29, 1.82) is 0 Å². The van der Waals surface area contributed by atoms with Gasteiger partial charge < -0.3 is 20.4 Å². The third-order valence-electron chi connectivity index (χ3n) is 8.88. The number of nitrogens with one attached hydrogen (secondary N) is 2. The van der Waals surface area contributed by atoms with Crippen molar-refractivity contribution in [2.75, 3.05) is 23.7 Å². The van der Waals surface area contributed by atoms with Crippen LogP contribution in [0.1, 0.15) is 47.9 Å². The van der Waals surface area contributed by atoms with E-state index in [-0.39, 0.29) is 30.0 Å². The first-order valence-electron chi connectivity index (χ1n) is 16.4. The van der Waals surface area contributed by atoms with Gasteiger partial charge in [0, 0.05) is 36.9 Å². The molecule has 0 saturated carbocycles. The molecule has 244 valence electrons. The minimum Gasteiger partial charge on any atom is -0.330 e. The summed E-state index contributed by atoms with van der Waals surface area (Å²) in [7, 11) is 0. The second-order valence-electron chi connectivity index (χ2n) is 12.2. The zero-order chi connectivity index (χ0) is 33.3. The number of nitrogens with zero attached hydrogens (tertiary/aromatic N) is 3. The van der Waals surface area contributed by atoms with Crippen molar-refractivity contribution < 1.29 is 19.2 Å². The number of rotatable bonds is 10. The van der Waals surface area contributed by atoms with Crippen LogP contribution in [0.3, 0.4) is 0 Å². The SMILES string of the molecule is O=C(Nc1ccc(/C=C/c2ccc(NC(=O)[C@@H]3CCCN3C(=O)Cc3ccncc3)cc2)cc1)[C@@H]1CCCN1C(=O)Cc1ccccc1. The lowest BCUT2D eigenvalue weighted by atomic mass is 10.1. The van der Waals surface area contributed by atoms with Crippen molar-refractivity contribution in [3.8, 4) is 0 Å². The zero-order valence-electron chi connectivity index (χ0n) is 26.8. The molecule has 0 radical (unpaired) electrons. The smallest absolute Gasteiger partial charge is 0.247 e. The van der Waals surface area contributed by atoms with Gasteiger partial charge >= 0.3 is 0 Å². The minimum absolute atomic E-state index is 0.0282. The van der Waals surface area contributed by atoms with Crippen molar-refractivity contribution >= 4 is 47.2 Å². The fourth-order valence-corrected chi connectivity index (χ4v) is 6.32. The largest absolute Gasteiger partial charge is 0.330 e. The van der Waals surface area contributed by atoms with Crippen LogP contribution in [-0.4, -0.2) is 63.6 Å². The van der Waals surface area contributed by atoms with Gasteiger partial charge in [-0.3, -0.25) is 24.2 Å². The average Bonchev–Trinajstić information content (AvgIpc) is 3.81. The Morgan fingerprint density at radius 1 is 0.604 bits per heavy atom. The molecule has 2 aliphatic heterocycles. The van der Waals surface area contributed by atoms with Gasteiger partial charge in [0.25, 0.3) is 0 Å². The van der Waals surface area contributed by atoms with Crippen molar-refractivity contribution in [2.24, 2.45) is 0 Å². The maximum Gasteiger partial charge on any atom is 0.247 e. The lowest BCUT2D eigenvalue weighted by Crippen LogP contribution is -2.43. The number of carbonyl (C=O) groups excluding carboxylic acids is 4. The Labute approximate surface area is 280 Å². The van der Waals surface area contributed by atoms with E-state index in [4.69, 9.17) is 0 Å². The summed E-state index contributed by atoms with van der Waals surface area (Å²) < 4.78 is 0. The van der Waals surface area contributed by atoms with E-state index in [0.29, 0.717) is 43.7 Å². The average molecular weight is 642 g/mol. The molecule has 1 aromatic heterocycles. The minimum atomic E-state index is -0.481. The maximum atomic E-state index is 13.1. The molecule has 9 heteroatoms. The predicted octanol–water partition coefficient (Wildman–Crippen LogP) is 5.60. The van der Waals surface area contributed by atoms with Crippen LogP contribution in [0.2, 0.25) is 0 Å². The molecule has 0 unspecified atom stereocenters. The first-order valence-corrected chi connectivity index (χ1v) is 16.4. The van der Waals surface area contributed by atoms with Crippen LogP contribution in [0.25, 0.3) is 12.2 Å². The van der Waals surface area contributed by atoms with Gasteiger partial charge in [-0.1, -0.05) is 66.7 Å². The maximum absolute atomic E-state index is 13.1. The molecule has 2 saturated heterocycles. The van der Waals surface area contributed by atoms with Crippen molar-refractivity contribution in [1.82, 2.24) is 14.8 Å². The van der Waals surface area contributed by atoms with E-state index in [0.717, 1.165) is 35.1 Å². The van der Waals surface area contributed by atoms with Crippen LogP contribution in [0.4, 0.5) is 11.4 Å². The summed E-state index contributed by atoms with van der Waals surface area (Å²) in [5.41, 5.74) is 5.10. The van der Waals surface area contributed by atoms with E-state index in [1.807, 2.05) is 103 Å².